The maximum absolute atomic E-state index is 12.7. The van der Waals surface area contributed by atoms with Gasteiger partial charge in [-0.3, -0.25) is 4.79 Å². The van der Waals surface area contributed by atoms with Crippen LogP contribution in [0.2, 0.25) is 18.1 Å². The van der Waals surface area contributed by atoms with Crippen LogP contribution in [0.4, 0.5) is 0 Å². The van der Waals surface area contributed by atoms with Crippen LogP contribution in [-0.4, -0.2) is 50.6 Å². The molecule has 3 rings (SSSR count). The summed E-state index contributed by atoms with van der Waals surface area (Å²) >= 11 is 0. The van der Waals surface area contributed by atoms with Crippen LogP contribution in [-0.2, 0) is 14.0 Å². The van der Waals surface area contributed by atoms with Crippen molar-refractivity contribution in [2.24, 2.45) is 0 Å². The van der Waals surface area contributed by atoms with Crippen LogP contribution in [0.1, 0.15) is 64.6 Å². The highest BCUT2D eigenvalue weighted by Gasteiger charge is 2.49. The van der Waals surface area contributed by atoms with Crippen molar-refractivity contribution in [3.8, 4) is 11.8 Å². The van der Waals surface area contributed by atoms with Gasteiger partial charge in [0.2, 0.25) is 5.91 Å². The first-order valence-corrected chi connectivity index (χ1v) is 14.1. The molecule has 31 heavy (non-hydrogen) atoms. The summed E-state index contributed by atoms with van der Waals surface area (Å²) in [6, 6.07) is 7.35. The molecule has 0 saturated carbocycles. The van der Waals surface area contributed by atoms with Crippen molar-refractivity contribution < 1.29 is 18.7 Å². The van der Waals surface area contributed by atoms with Gasteiger partial charge in [0.15, 0.2) is 8.32 Å². The average Bonchev–Trinajstić information content (AvgIpc) is 3.09. The van der Waals surface area contributed by atoms with Crippen molar-refractivity contribution >= 4 is 14.2 Å². The van der Waals surface area contributed by atoms with Crippen LogP contribution >= 0.6 is 0 Å². The summed E-state index contributed by atoms with van der Waals surface area (Å²) < 4.78 is 19.0. The number of rotatable bonds is 6. The van der Waals surface area contributed by atoms with E-state index in [2.05, 4.69) is 39.9 Å². The van der Waals surface area contributed by atoms with E-state index in [-0.39, 0.29) is 23.1 Å². The Morgan fingerprint density at radius 3 is 2.58 bits per heavy atom. The summed E-state index contributed by atoms with van der Waals surface area (Å²) in [5.74, 6) is 0.841. The number of hydrogen-bond donors (Lipinski definition) is 0. The van der Waals surface area contributed by atoms with Crippen LogP contribution in [0, 0.1) is 11.3 Å². The predicted octanol–water partition coefficient (Wildman–Crippen LogP) is 4.80. The van der Waals surface area contributed by atoms with Gasteiger partial charge in [-0.05, 0) is 56.6 Å². The fourth-order valence-electron chi connectivity index (χ4n) is 4.10. The molecular weight excluding hydrogens is 408 g/mol. The Morgan fingerprint density at radius 1 is 1.29 bits per heavy atom. The Kier molecular flexibility index (Phi) is 6.57. The van der Waals surface area contributed by atoms with Crippen molar-refractivity contribution in [3.63, 3.8) is 0 Å². The molecule has 0 unspecified atom stereocenters. The number of benzene rings is 1. The minimum absolute atomic E-state index is 0.127. The van der Waals surface area contributed by atoms with Crippen LogP contribution in [0.3, 0.4) is 0 Å². The van der Waals surface area contributed by atoms with Crippen molar-refractivity contribution in [1.29, 1.82) is 5.26 Å². The molecule has 1 fully saturated rings. The minimum atomic E-state index is -1.86. The Balaban J connectivity index is 1.86. The van der Waals surface area contributed by atoms with Crippen molar-refractivity contribution in [2.75, 3.05) is 19.8 Å². The van der Waals surface area contributed by atoms with Gasteiger partial charge in [0.05, 0.1) is 30.9 Å². The molecule has 1 aromatic carbocycles. The Bertz CT molecular complexity index is 869. The summed E-state index contributed by atoms with van der Waals surface area (Å²) in [5, 5.41) is 9.55. The van der Waals surface area contributed by atoms with E-state index in [1.165, 1.54) is 0 Å². The van der Waals surface area contributed by atoms with E-state index >= 15 is 0 Å². The Morgan fingerprint density at radius 2 is 2.00 bits per heavy atom. The van der Waals surface area contributed by atoms with E-state index in [1.54, 1.807) is 6.07 Å². The molecule has 0 aliphatic carbocycles. The minimum Gasteiger partial charge on any atom is -0.485 e. The monoisotopic (exact) mass is 444 g/mol. The molecule has 2 heterocycles. The second-order valence-electron chi connectivity index (χ2n) is 10.6. The molecule has 0 aromatic heterocycles. The van der Waals surface area contributed by atoms with Gasteiger partial charge in [-0.2, -0.15) is 5.26 Å². The predicted molar refractivity (Wildman–Crippen MR) is 122 cm³/mol. The molecule has 1 aromatic rings. The molecule has 0 bridgehead atoms. The maximum atomic E-state index is 12.7. The van der Waals surface area contributed by atoms with Crippen molar-refractivity contribution in [2.45, 2.75) is 83.3 Å². The van der Waals surface area contributed by atoms with E-state index in [0.29, 0.717) is 37.5 Å². The molecule has 6 nitrogen and oxygen atoms in total. The summed E-state index contributed by atoms with van der Waals surface area (Å²) in [6.45, 7) is 16.7. The highest BCUT2D eigenvalue weighted by molar-refractivity contribution is 6.74. The van der Waals surface area contributed by atoms with Gasteiger partial charge >= 0.3 is 0 Å². The molecule has 0 N–H and O–H groups in total. The first kappa shape index (κ1) is 23.8. The fraction of sp³-hybridized carbons (Fsp3) is 0.667. The quantitative estimate of drug-likeness (QED) is 0.465. The third kappa shape index (κ3) is 4.81. The third-order valence-electron chi connectivity index (χ3n) is 6.90. The van der Waals surface area contributed by atoms with E-state index < -0.39 is 13.9 Å². The number of carbonyl (C=O) groups is 1. The zero-order valence-corrected chi connectivity index (χ0v) is 20.9. The number of ether oxygens (including phenoxy) is 2. The smallest absolute Gasteiger partial charge is 0.223 e. The van der Waals surface area contributed by atoms with E-state index in [4.69, 9.17) is 13.9 Å². The number of amides is 1. The van der Waals surface area contributed by atoms with Gasteiger partial charge in [0.25, 0.3) is 0 Å². The average molecular weight is 445 g/mol. The molecule has 0 radical (unpaired) electrons. The fourth-order valence-corrected chi connectivity index (χ4v) is 5.13. The normalized spacial score (nSPS) is 23.3. The molecule has 2 aliphatic heterocycles. The van der Waals surface area contributed by atoms with Gasteiger partial charge in [0, 0.05) is 18.5 Å². The lowest BCUT2D eigenvalue weighted by Gasteiger charge is -2.47. The van der Waals surface area contributed by atoms with Gasteiger partial charge in [0.1, 0.15) is 17.5 Å². The molecule has 170 valence electrons. The lowest BCUT2D eigenvalue weighted by atomic mass is 9.84. The highest BCUT2D eigenvalue weighted by Crippen LogP contribution is 2.46. The molecule has 7 heteroatoms. The zero-order chi connectivity index (χ0) is 23.0. The number of likely N-dealkylation sites (tertiary alicyclic amines) is 1. The van der Waals surface area contributed by atoms with Crippen LogP contribution in [0.15, 0.2) is 18.2 Å². The SMILES string of the molecule is CC1(C)Oc2ccc(C#N)cc2[C@@H](N2CCCC2=O)[C@@H]1OCCO[Si](C)(C)C(C)(C)C. The molecule has 1 amide bonds. The Labute approximate surface area is 187 Å². The van der Waals surface area contributed by atoms with Gasteiger partial charge in [-0.1, -0.05) is 20.8 Å². The largest absolute Gasteiger partial charge is 0.485 e. The summed E-state index contributed by atoms with van der Waals surface area (Å²) in [5.41, 5.74) is 0.772. The summed E-state index contributed by atoms with van der Waals surface area (Å²) in [6.07, 6.45) is 1.02. The second kappa shape index (κ2) is 8.57. The molecule has 2 aliphatic rings. The van der Waals surface area contributed by atoms with Crippen LogP contribution < -0.4 is 4.74 Å². The van der Waals surface area contributed by atoms with Gasteiger partial charge in [-0.15, -0.1) is 0 Å². The third-order valence-corrected chi connectivity index (χ3v) is 11.4. The first-order chi connectivity index (χ1) is 14.4. The van der Waals surface area contributed by atoms with E-state index in [1.807, 2.05) is 30.9 Å². The molecule has 0 spiro atoms. The van der Waals surface area contributed by atoms with Crippen molar-refractivity contribution in [3.05, 3.63) is 29.3 Å². The summed E-state index contributed by atoms with van der Waals surface area (Å²) in [4.78, 5) is 14.6. The topological polar surface area (TPSA) is 71.8 Å². The standard InChI is InChI=1S/C24H36N2O4Si/c1-23(2,3)31(6,7)29-14-13-28-22-21(26-12-8-9-20(26)27)18-15-17(16-25)10-11-19(18)30-24(22,4)5/h10-11,15,21-22H,8-9,12-14H2,1-7H3/t21-,22+/m1/s1. The molecule has 1 saturated heterocycles. The van der Waals surface area contributed by atoms with Crippen molar-refractivity contribution in [1.82, 2.24) is 4.90 Å². The lowest BCUT2D eigenvalue weighted by Crippen LogP contribution is -2.55. The zero-order valence-electron chi connectivity index (χ0n) is 19.9. The van der Waals surface area contributed by atoms with Crippen LogP contribution in [0.5, 0.6) is 5.75 Å². The maximum Gasteiger partial charge on any atom is 0.223 e. The highest BCUT2D eigenvalue weighted by atomic mass is 28.4. The number of fused-ring (bicyclic) bond motifs is 1. The second-order valence-corrected chi connectivity index (χ2v) is 15.4. The molecular formula is C24H36N2O4Si. The first-order valence-electron chi connectivity index (χ1n) is 11.2. The Hall–Kier alpha value is -1.88. The van der Waals surface area contributed by atoms with Gasteiger partial charge < -0.3 is 18.8 Å². The molecule has 2 atom stereocenters. The van der Waals surface area contributed by atoms with E-state index in [0.717, 1.165) is 12.0 Å². The van der Waals surface area contributed by atoms with Gasteiger partial charge in [-0.25, -0.2) is 0 Å². The van der Waals surface area contributed by atoms with Crippen LogP contribution in [0.25, 0.3) is 0 Å². The number of carbonyl (C=O) groups excluding carboxylic acids is 1. The lowest BCUT2D eigenvalue weighted by molar-refractivity contribution is -0.149. The summed E-state index contributed by atoms with van der Waals surface area (Å²) in [7, 11) is -1.86. The van der Waals surface area contributed by atoms with E-state index in [9.17, 15) is 10.1 Å². The number of nitrogens with zero attached hydrogens (tertiary/aromatic N) is 2. The number of hydrogen-bond acceptors (Lipinski definition) is 5. The number of nitriles is 1.